The largest absolute Gasteiger partial charge is 0.481 e. The molecule has 13 heteroatoms. The van der Waals surface area contributed by atoms with Crippen LogP contribution < -0.4 is 15.5 Å². The number of hydroxylamine groups is 1. The summed E-state index contributed by atoms with van der Waals surface area (Å²) in [5.41, 5.74) is 2.34. The molecule has 0 heterocycles. The van der Waals surface area contributed by atoms with Crippen LogP contribution in [0.5, 0.6) is 5.75 Å². The number of aliphatic hydroxyl groups is 1. The Labute approximate surface area is 289 Å². The second kappa shape index (κ2) is 24.7. The van der Waals surface area contributed by atoms with Gasteiger partial charge in [0.15, 0.2) is 0 Å². The van der Waals surface area contributed by atoms with Crippen LogP contribution in [0.25, 0.3) is 0 Å². The highest BCUT2D eigenvalue weighted by Crippen LogP contribution is 2.24. The zero-order valence-corrected chi connectivity index (χ0v) is 29.1. The molecule has 0 aliphatic rings. The van der Waals surface area contributed by atoms with Gasteiger partial charge in [0.1, 0.15) is 30.1 Å². The topological polar surface area (TPSA) is 187 Å². The summed E-state index contributed by atoms with van der Waals surface area (Å²) in [6.07, 6.45) is 11.2. The highest BCUT2D eigenvalue weighted by atomic mass is 16.7. The van der Waals surface area contributed by atoms with Gasteiger partial charge in [-0.1, -0.05) is 75.7 Å². The maximum Gasteiger partial charge on any atom is 0.434 e. The lowest BCUT2D eigenvalue weighted by atomic mass is 9.94. The highest BCUT2D eigenvalue weighted by molar-refractivity contribution is 5.93. The van der Waals surface area contributed by atoms with Gasteiger partial charge in [-0.25, -0.2) is 14.4 Å². The maximum atomic E-state index is 13.6. The predicted octanol–water partition coefficient (Wildman–Crippen LogP) is 4.79. The number of Topliss-reactive ketones (excluding diaryl/α,β-unsaturated/α-hetero) is 1. The quantitative estimate of drug-likeness (QED) is 0.0276. The molecular formula is C36H52N2O11. The summed E-state index contributed by atoms with van der Waals surface area (Å²) in [6.45, 7) is 4.04. The Morgan fingerprint density at radius 1 is 0.939 bits per heavy atom. The molecule has 49 heavy (non-hydrogen) atoms. The summed E-state index contributed by atoms with van der Waals surface area (Å²) in [7, 11) is 2.19. The number of unbranched alkanes of at least 4 members (excludes halogenated alkanes) is 8. The lowest BCUT2D eigenvalue weighted by molar-refractivity contribution is -0.218. The van der Waals surface area contributed by atoms with Gasteiger partial charge in [-0.05, 0) is 50.3 Å². The fourth-order valence-electron chi connectivity index (χ4n) is 4.85. The summed E-state index contributed by atoms with van der Waals surface area (Å²) < 4.78 is 15.1. The van der Waals surface area contributed by atoms with Gasteiger partial charge >= 0.3 is 23.8 Å². The highest BCUT2D eigenvalue weighted by Gasteiger charge is 2.52. The van der Waals surface area contributed by atoms with Crippen LogP contribution in [-0.4, -0.2) is 72.6 Å². The number of ketones is 1. The Kier molecular flexibility index (Phi) is 21.5. The van der Waals surface area contributed by atoms with E-state index in [-0.39, 0.29) is 18.8 Å². The van der Waals surface area contributed by atoms with Crippen LogP contribution in [-0.2, 0) is 39.9 Å². The number of aliphatic carboxylic acids is 1. The van der Waals surface area contributed by atoms with Gasteiger partial charge in [-0.3, -0.25) is 14.4 Å². The summed E-state index contributed by atoms with van der Waals surface area (Å²) in [5, 5.41) is 23.4. The average Bonchev–Trinajstić information content (AvgIpc) is 3.07. The SMILES string of the molecule is CC#CCOc1ccc(C[C@H](NC(=O)[C@@H](C=CCCCCCCC(=O)CCCCCCC)[C@@](O)(OC(=O)NOC)C(=O)O)C(=O)OC)cc1. The van der Waals surface area contributed by atoms with Crippen LogP contribution in [0.4, 0.5) is 4.79 Å². The summed E-state index contributed by atoms with van der Waals surface area (Å²) in [4.78, 5) is 67.1. The number of hydrogen-bond acceptors (Lipinski definition) is 10. The van der Waals surface area contributed by atoms with E-state index >= 15 is 0 Å². The molecular weight excluding hydrogens is 636 g/mol. The van der Waals surface area contributed by atoms with Gasteiger partial charge in [-0.15, -0.1) is 5.92 Å². The standard InChI is InChI=1S/C36H52N2O11/c1-5-7-9-12-15-18-28(39)19-16-13-10-11-14-17-20-30(36(45,34(42)43)49-35(44)38-47-4)32(40)37-31(33(41)46-3)26-27-21-23-29(24-22-27)48-25-8-6-2/h17,20-24,30-31,45H,5,7,9-16,18-19,25-26H2,1-4H3,(H,37,40)(H,38,44)(H,42,43)/t30-,31+,36-/m1/s1. The molecule has 1 rings (SSSR count). The molecule has 1 aromatic carbocycles. The number of rotatable bonds is 25. The second-order valence-corrected chi connectivity index (χ2v) is 11.4. The van der Waals surface area contributed by atoms with Gasteiger partial charge in [0.2, 0.25) is 5.91 Å². The van der Waals surface area contributed by atoms with Crippen molar-refractivity contribution in [1.29, 1.82) is 0 Å². The number of amides is 2. The fraction of sp³-hybridized carbons (Fsp3) is 0.583. The van der Waals surface area contributed by atoms with E-state index < -0.39 is 41.7 Å². The molecule has 2 amide bonds. The van der Waals surface area contributed by atoms with Crippen LogP contribution in [0.1, 0.15) is 96.5 Å². The monoisotopic (exact) mass is 688 g/mol. The van der Waals surface area contributed by atoms with Gasteiger partial charge in [0.25, 0.3) is 0 Å². The third kappa shape index (κ3) is 17.0. The summed E-state index contributed by atoms with van der Waals surface area (Å²) in [6, 6.07) is 5.37. The number of hydrogen-bond donors (Lipinski definition) is 4. The Hall–Kier alpha value is -4.41. The van der Waals surface area contributed by atoms with Crippen molar-refractivity contribution < 1.29 is 53.2 Å². The van der Waals surface area contributed by atoms with E-state index in [0.717, 1.165) is 65.2 Å². The van der Waals surface area contributed by atoms with E-state index in [2.05, 4.69) is 28.9 Å². The molecule has 0 saturated heterocycles. The third-order valence-electron chi connectivity index (χ3n) is 7.56. The Morgan fingerprint density at radius 3 is 2.14 bits per heavy atom. The number of ether oxygens (including phenoxy) is 3. The van der Waals surface area contributed by atoms with Crippen molar-refractivity contribution in [3.63, 3.8) is 0 Å². The van der Waals surface area contributed by atoms with E-state index in [9.17, 15) is 34.2 Å². The molecule has 0 saturated carbocycles. The minimum absolute atomic E-state index is 0.0538. The predicted molar refractivity (Wildman–Crippen MR) is 181 cm³/mol. The number of benzene rings is 1. The van der Waals surface area contributed by atoms with Crippen molar-refractivity contribution in [2.75, 3.05) is 20.8 Å². The summed E-state index contributed by atoms with van der Waals surface area (Å²) in [5.74, 6) is -3.03. The smallest absolute Gasteiger partial charge is 0.434 e. The van der Waals surface area contributed by atoms with E-state index in [1.807, 2.05) is 0 Å². The molecule has 4 N–H and O–H groups in total. The molecule has 0 radical (unpaired) electrons. The molecule has 0 aliphatic carbocycles. The number of carboxylic acid groups (broad SMARTS) is 1. The molecule has 0 aromatic heterocycles. The number of allylic oxidation sites excluding steroid dienone is 1. The average molecular weight is 689 g/mol. The van der Waals surface area contributed by atoms with Crippen molar-refractivity contribution >= 4 is 29.7 Å². The zero-order chi connectivity index (χ0) is 36.5. The van der Waals surface area contributed by atoms with Crippen LogP contribution in [0.3, 0.4) is 0 Å². The van der Waals surface area contributed by atoms with Gasteiger partial charge < -0.3 is 29.7 Å². The van der Waals surface area contributed by atoms with E-state index in [1.54, 1.807) is 36.7 Å². The molecule has 0 bridgehead atoms. The fourth-order valence-corrected chi connectivity index (χ4v) is 4.85. The third-order valence-corrected chi connectivity index (χ3v) is 7.56. The van der Waals surface area contributed by atoms with Crippen LogP contribution in [0.2, 0.25) is 0 Å². The number of carboxylic acids is 1. The van der Waals surface area contributed by atoms with Crippen LogP contribution in [0.15, 0.2) is 36.4 Å². The minimum Gasteiger partial charge on any atom is -0.481 e. The number of carbonyl (C=O) groups excluding carboxylic acids is 4. The van der Waals surface area contributed by atoms with Crippen LogP contribution >= 0.6 is 0 Å². The Balaban J connectivity index is 2.97. The zero-order valence-electron chi connectivity index (χ0n) is 29.1. The molecule has 1 aromatic rings. The lowest BCUT2D eigenvalue weighted by Crippen LogP contribution is -2.57. The minimum atomic E-state index is -3.37. The Morgan fingerprint density at radius 2 is 1.57 bits per heavy atom. The first-order valence-corrected chi connectivity index (χ1v) is 16.7. The first-order chi connectivity index (χ1) is 23.5. The molecule has 0 fully saturated rings. The molecule has 13 nitrogen and oxygen atoms in total. The van der Waals surface area contributed by atoms with Crippen molar-refractivity contribution in [2.45, 2.75) is 109 Å². The lowest BCUT2D eigenvalue weighted by Gasteiger charge is -2.30. The summed E-state index contributed by atoms with van der Waals surface area (Å²) >= 11 is 0. The number of carbonyl (C=O) groups is 5. The van der Waals surface area contributed by atoms with Gasteiger partial charge in [0.05, 0.1) is 14.2 Å². The number of esters is 1. The van der Waals surface area contributed by atoms with Crippen molar-refractivity contribution in [1.82, 2.24) is 10.8 Å². The van der Waals surface area contributed by atoms with E-state index in [4.69, 9.17) is 14.2 Å². The molecule has 0 spiro atoms. The normalized spacial score (nSPS) is 13.2. The molecule has 272 valence electrons. The first kappa shape index (κ1) is 42.6. The van der Waals surface area contributed by atoms with Gasteiger partial charge in [-0.2, -0.15) is 5.48 Å². The Bertz CT molecular complexity index is 1270. The van der Waals surface area contributed by atoms with Gasteiger partial charge in [0, 0.05) is 19.3 Å². The van der Waals surface area contributed by atoms with Crippen LogP contribution in [0, 0.1) is 17.8 Å². The molecule has 3 atom stereocenters. The number of methoxy groups -OCH3 is 1. The van der Waals surface area contributed by atoms with E-state index in [1.165, 1.54) is 12.5 Å². The maximum absolute atomic E-state index is 13.6. The molecule has 0 aliphatic heterocycles. The number of nitrogens with one attached hydrogen (secondary N) is 2. The van der Waals surface area contributed by atoms with Crippen molar-refractivity contribution in [3.05, 3.63) is 42.0 Å². The van der Waals surface area contributed by atoms with Crippen molar-refractivity contribution in [2.24, 2.45) is 5.92 Å². The van der Waals surface area contributed by atoms with E-state index in [0.29, 0.717) is 37.0 Å². The molecule has 0 unspecified atom stereocenters. The van der Waals surface area contributed by atoms with Crippen molar-refractivity contribution in [3.8, 4) is 17.6 Å². The first-order valence-electron chi connectivity index (χ1n) is 16.7. The second-order valence-electron chi connectivity index (χ2n) is 11.4.